The Morgan fingerprint density at radius 3 is 2.75 bits per heavy atom. The summed E-state index contributed by atoms with van der Waals surface area (Å²) >= 11 is 5.94. The minimum Gasteiger partial charge on any atom is -0.478 e. The number of hydrogen-bond donors (Lipinski definition) is 2. The van der Waals surface area contributed by atoms with Crippen molar-refractivity contribution in [2.24, 2.45) is 0 Å². The van der Waals surface area contributed by atoms with Crippen molar-refractivity contribution in [1.82, 2.24) is 4.98 Å². The van der Waals surface area contributed by atoms with Gasteiger partial charge in [0.15, 0.2) is 5.58 Å². The van der Waals surface area contributed by atoms with Gasteiger partial charge in [0.25, 0.3) is 0 Å². The Hall–Kier alpha value is -3.12. The van der Waals surface area contributed by atoms with Crippen LogP contribution in [-0.2, 0) is 9.59 Å². The first kappa shape index (κ1) is 15.8. The first-order valence-electron chi connectivity index (χ1n) is 6.90. The van der Waals surface area contributed by atoms with Gasteiger partial charge in [0, 0.05) is 17.2 Å². The fourth-order valence-corrected chi connectivity index (χ4v) is 2.28. The molecule has 0 bridgehead atoms. The third-order valence-corrected chi connectivity index (χ3v) is 3.38. The molecule has 1 amide bonds. The van der Waals surface area contributed by atoms with Crippen molar-refractivity contribution in [2.75, 3.05) is 5.32 Å². The molecule has 2 aromatic carbocycles. The van der Waals surface area contributed by atoms with E-state index < -0.39 is 11.9 Å². The highest BCUT2D eigenvalue weighted by atomic mass is 35.5. The van der Waals surface area contributed by atoms with Crippen LogP contribution in [0.5, 0.6) is 0 Å². The number of anilines is 1. The molecule has 7 heteroatoms. The molecule has 1 aromatic heterocycles. The van der Waals surface area contributed by atoms with E-state index in [1.54, 1.807) is 42.5 Å². The fourth-order valence-electron chi connectivity index (χ4n) is 2.12. The normalized spacial score (nSPS) is 11.0. The van der Waals surface area contributed by atoms with Crippen LogP contribution in [0.25, 0.3) is 22.6 Å². The predicted octanol–water partition coefficient (Wildman–Crippen LogP) is 3.73. The van der Waals surface area contributed by atoms with Gasteiger partial charge in [-0.1, -0.05) is 23.7 Å². The van der Waals surface area contributed by atoms with E-state index in [1.807, 2.05) is 0 Å². The minimum absolute atomic E-state index is 0.324. The van der Waals surface area contributed by atoms with Crippen molar-refractivity contribution in [3.05, 3.63) is 59.6 Å². The van der Waals surface area contributed by atoms with Gasteiger partial charge in [0.2, 0.25) is 11.8 Å². The Labute approximate surface area is 141 Å². The summed E-state index contributed by atoms with van der Waals surface area (Å²) in [5.74, 6) is -1.44. The fraction of sp³-hybridized carbons (Fsp3) is 0. The Bertz CT molecular complexity index is 962. The molecule has 0 saturated carbocycles. The number of rotatable bonds is 4. The van der Waals surface area contributed by atoms with Gasteiger partial charge < -0.3 is 14.8 Å². The van der Waals surface area contributed by atoms with Gasteiger partial charge in [-0.3, -0.25) is 4.79 Å². The number of carbonyl (C=O) groups is 2. The number of carboxylic acid groups (broad SMARTS) is 1. The predicted molar refractivity (Wildman–Crippen MR) is 89.9 cm³/mol. The summed E-state index contributed by atoms with van der Waals surface area (Å²) in [7, 11) is 0. The number of oxazole rings is 1. The lowest BCUT2D eigenvalue weighted by Crippen LogP contribution is -2.09. The average molecular weight is 343 g/mol. The first-order valence-corrected chi connectivity index (χ1v) is 7.28. The standard InChI is InChI=1S/C17H11ClN2O4/c18-10-5-6-14-13(9-10)20-17(24-14)11-3-1-2-4-12(11)19-15(21)7-8-16(22)23/h1-9H,(H,19,21)(H,22,23). The van der Waals surface area contributed by atoms with Gasteiger partial charge in [-0.15, -0.1) is 0 Å². The minimum atomic E-state index is -1.20. The number of nitrogens with one attached hydrogen (secondary N) is 1. The number of nitrogens with zero attached hydrogens (tertiary/aromatic N) is 1. The number of para-hydroxylation sites is 1. The molecular formula is C17H11ClN2O4. The maximum absolute atomic E-state index is 11.8. The number of fused-ring (bicyclic) bond motifs is 1. The number of aliphatic carboxylic acids is 1. The van der Waals surface area contributed by atoms with Crippen molar-refractivity contribution < 1.29 is 19.1 Å². The second-order valence-electron chi connectivity index (χ2n) is 4.84. The molecule has 0 aliphatic heterocycles. The Morgan fingerprint density at radius 1 is 1.17 bits per heavy atom. The molecule has 0 aliphatic rings. The van der Waals surface area contributed by atoms with Crippen molar-refractivity contribution in [3.63, 3.8) is 0 Å². The van der Waals surface area contributed by atoms with Crippen molar-refractivity contribution in [3.8, 4) is 11.5 Å². The van der Waals surface area contributed by atoms with Gasteiger partial charge in [-0.2, -0.15) is 0 Å². The number of hydrogen-bond acceptors (Lipinski definition) is 4. The third kappa shape index (κ3) is 3.44. The molecule has 0 radical (unpaired) electrons. The summed E-state index contributed by atoms with van der Waals surface area (Å²) < 4.78 is 5.70. The Morgan fingerprint density at radius 2 is 1.96 bits per heavy atom. The van der Waals surface area contributed by atoms with E-state index in [1.165, 1.54) is 0 Å². The monoisotopic (exact) mass is 342 g/mol. The summed E-state index contributed by atoms with van der Waals surface area (Å²) in [6.45, 7) is 0. The SMILES string of the molecule is O=C(O)C=CC(=O)Nc1ccccc1-c1nc2cc(Cl)ccc2o1. The molecule has 0 fully saturated rings. The smallest absolute Gasteiger partial charge is 0.328 e. The van der Waals surface area contributed by atoms with Crippen LogP contribution >= 0.6 is 11.6 Å². The largest absolute Gasteiger partial charge is 0.478 e. The van der Waals surface area contributed by atoms with Crippen LogP contribution < -0.4 is 5.32 Å². The van der Waals surface area contributed by atoms with E-state index >= 15 is 0 Å². The van der Waals surface area contributed by atoms with Crippen LogP contribution in [0.15, 0.2) is 59.0 Å². The summed E-state index contributed by atoms with van der Waals surface area (Å²) in [6.07, 6.45) is 1.70. The van der Waals surface area contributed by atoms with E-state index in [4.69, 9.17) is 21.1 Å². The van der Waals surface area contributed by atoms with Crippen LogP contribution in [0.2, 0.25) is 5.02 Å². The zero-order chi connectivity index (χ0) is 17.1. The lowest BCUT2D eigenvalue weighted by atomic mass is 10.1. The molecule has 0 atom stereocenters. The highest BCUT2D eigenvalue weighted by molar-refractivity contribution is 6.31. The number of benzene rings is 2. The quantitative estimate of drug-likeness (QED) is 0.705. The molecule has 2 N–H and O–H groups in total. The number of carbonyl (C=O) groups excluding carboxylic acids is 1. The number of amides is 1. The van der Waals surface area contributed by atoms with Crippen LogP contribution in [0.3, 0.4) is 0 Å². The van der Waals surface area contributed by atoms with Crippen LogP contribution in [-0.4, -0.2) is 22.0 Å². The second-order valence-corrected chi connectivity index (χ2v) is 5.27. The summed E-state index contributed by atoms with van der Waals surface area (Å²) in [4.78, 5) is 26.6. The van der Waals surface area contributed by atoms with Gasteiger partial charge in [-0.25, -0.2) is 9.78 Å². The number of halogens is 1. The maximum atomic E-state index is 11.8. The van der Waals surface area contributed by atoms with Crippen LogP contribution in [0.1, 0.15) is 0 Å². The van der Waals surface area contributed by atoms with Crippen LogP contribution in [0, 0.1) is 0 Å². The molecular weight excluding hydrogens is 332 g/mol. The van der Waals surface area contributed by atoms with E-state index in [0.717, 1.165) is 12.2 Å². The highest BCUT2D eigenvalue weighted by Gasteiger charge is 2.13. The number of aromatic nitrogens is 1. The number of carboxylic acids is 1. The topological polar surface area (TPSA) is 92.4 Å². The van der Waals surface area contributed by atoms with Gasteiger partial charge in [0.1, 0.15) is 5.52 Å². The Balaban J connectivity index is 1.96. The second kappa shape index (κ2) is 6.55. The molecule has 3 aromatic rings. The van der Waals surface area contributed by atoms with E-state index in [9.17, 15) is 9.59 Å². The molecule has 0 saturated heterocycles. The Kier molecular flexibility index (Phi) is 4.31. The lowest BCUT2D eigenvalue weighted by molar-refractivity contribution is -0.131. The molecule has 1 heterocycles. The van der Waals surface area contributed by atoms with E-state index in [0.29, 0.717) is 33.3 Å². The van der Waals surface area contributed by atoms with Gasteiger partial charge in [-0.05, 0) is 30.3 Å². The molecule has 0 aliphatic carbocycles. The third-order valence-electron chi connectivity index (χ3n) is 3.14. The molecule has 24 heavy (non-hydrogen) atoms. The molecule has 0 unspecified atom stereocenters. The first-order chi connectivity index (χ1) is 11.5. The zero-order valence-electron chi connectivity index (χ0n) is 12.2. The summed E-state index contributed by atoms with van der Waals surface area (Å²) in [6, 6.07) is 12.0. The maximum Gasteiger partial charge on any atom is 0.328 e. The summed E-state index contributed by atoms with van der Waals surface area (Å²) in [5, 5.41) is 11.7. The van der Waals surface area contributed by atoms with E-state index in [-0.39, 0.29) is 0 Å². The van der Waals surface area contributed by atoms with Crippen LogP contribution in [0.4, 0.5) is 5.69 Å². The van der Waals surface area contributed by atoms with Gasteiger partial charge >= 0.3 is 5.97 Å². The molecule has 6 nitrogen and oxygen atoms in total. The average Bonchev–Trinajstić information content (AvgIpc) is 2.96. The lowest BCUT2D eigenvalue weighted by Gasteiger charge is -2.06. The van der Waals surface area contributed by atoms with Crippen molar-refractivity contribution >= 4 is 40.3 Å². The molecule has 120 valence electrons. The highest BCUT2D eigenvalue weighted by Crippen LogP contribution is 2.31. The summed E-state index contributed by atoms with van der Waals surface area (Å²) in [5.41, 5.74) is 2.20. The molecule has 3 rings (SSSR count). The van der Waals surface area contributed by atoms with Gasteiger partial charge in [0.05, 0.1) is 11.3 Å². The molecule has 0 spiro atoms. The van der Waals surface area contributed by atoms with E-state index in [2.05, 4.69) is 10.3 Å². The van der Waals surface area contributed by atoms with Crippen molar-refractivity contribution in [2.45, 2.75) is 0 Å². The zero-order valence-corrected chi connectivity index (χ0v) is 12.9. The van der Waals surface area contributed by atoms with Crippen molar-refractivity contribution in [1.29, 1.82) is 0 Å².